The lowest BCUT2D eigenvalue weighted by Crippen LogP contribution is -2.40. The van der Waals surface area contributed by atoms with Crippen LogP contribution in [-0.2, 0) is 6.54 Å². The van der Waals surface area contributed by atoms with Crippen LogP contribution in [0.1, 0.15) is 18.4 Å². The van der Waals surface area contributed by atoms with E-state index in [9.17, 15) is 8.78 Å². The van der Waals surface area contributed by atoms with Gasteiger partial charge in [0.05, 0.1) is 0 Å². The molecule has 112 valence electrons. The minimum atomic E-state index is -2.82. The highest BCUT2D eigenvalue weighted by Crippen LogP contribution is 2.25. The maximum Gasteiger partial charge on any atom is 0.387 e. The number of rotatable bonds is 5. The third-order valence-electron chi connectivity index (χ3n) is 3.54. The van der Waals surface area contributed by atoms with Crippen molar-refractivity contribution in [2.75, 3.05) is 20.1 Å². The number of alkyl halides is 2. The molecule has 1 heterocycles. The fraction of sp³-hybridized carbons (Fsp3) is 0.571. The molecule has 0 saturated carbocycles. The Labute approximate surface area is 122 Å². The fourth-order valence-electron chi connectivity index (χ4n) is 2.36. The van der Waals surface area contributed by atoms with Crippen LogP contribution in [0.25, 0.3) is 0 Å². The van der Waals surface area contributed by atoms with Gasteiger partial charge in [0.25, 0.3) is 0 Å². The fourth-order valence-corrected chi connectivity index (χ4v) is 2.56. The Kier molecular flexibility index (Phi) is 5.57. The van der Waals surface area contributed by atoms with Crippen LogP contribution in [0.5, 0.6) is 5.75 Å². The van der Waals surface area contributed by atoms with Crippen molar-refractivity contribution >= 4 is 11.6 Å². The third-order valence-corrected chi connectivity index (χ3v) is 3.77. The number of halogens is 3. The molecule has 1 aromatic rings. The van der Waals surface area contributed by atoms with Gasteiger partial charge in [0.1, 0.15) is 5.75 Å². The zero-order valence-electron chi connectivity index (χ0n) is 11.4. The zero-order valence-corrected chi connectivity index (χ0v) is 12.2. The van der Waals surface area contributed by atoms with Crippen LogP contribution in [0.3, 0.4) is 0 Å². The van der Waals surface area contributed by atoms with Crippen molar-refractivity contribution in [1.29, 1.82) is 0 Å². The maximum absolute atomic E-state index is 12.4. The van der Waals surface area contributed by atoms with Crippen LogP contribution in [0.2, 0.25) is 5.02 Å². The van der Waals surface area contributed by atoms with Gasteiger partial charge in [-0.2, -0.15) is 8.78 Å². The van der Waals surface area contributed by atoms with Gasteiger partial charge in [0.2, 0.25) is 0 Å². The first-order chi connectivity index (χ1) is 9.54. The van der Waals surface area contributed by atoms with Gasteiger partial charge in [-0.3, -0.25) is 0 Å². The molecule has 1 fully saturated rings. The highest BCUT2D eigenvalue weighted by atomic mass is 35.5. The van der Waals surface area contributed by atoms with E-state index in [0.29, 0.717) is 23.2 Å². The molecule has 0 spiro atoms. The average Bonchev–Trinajstić information content (AvgIpc) is 2.40. The summed E-state index contributed by atoms with van der Waals surface area (Å²) in [5.74, 6) is 0.185. The number of hydrogen-bond donors (Lipinski definition) is 1. The lowest BCUT2D eigenvalue weighted by molar-refractivity contribution is -0.0505. The average molecular weight is 305 g/mol. The number of likely N-dealkylation sites (tertiary alicyclic amines) is 1. The van der Waals surface area contributed by atoms with Gasteiger partial charge in [0, 0.05) is 23.2 Å². The standard InChI is InChI=1S/C14H19ClF2N2O/c1-19-6-4-12(5-7-19)18-9-10-8-11(15)2-3-13(10)20-14(16)17/h2-3,8,12,14,18H,4-7,9H2,1H3. The van der Waals surface area contributed by atoms with Crippen molar-refractivity contribution in [1.82, 2.24) is 10.2 Å². The predicted molar refractivity (Wildman–Crippen MR) is 75.4 cm³/mol. The van der Waals surface area contributed by atoms with Gasteiger partial charge in [0.15, 0.2) is 0 Å². The third kappa shape index (κ3) is 4.58. The maximum atomic E-state index is 12.4. The van der Waals surface area contributed by atoms with Crippen LogP contribution < -0.4 is 10.1 Å². The monoisotopic (exact) mass is 304 g/mol. The summed E-state index contributed by atoms with van der Waals surface area (Å²) in [6.45, 7) is -0.240. The molecule has 1 saturated heterocycles. The van der Waals surface area contributed by atoms with Crippen LogP contribution >= 0.6 is 11.6 Å². The van der Waals surface area contributed by atoms with E-state index in [1.165, 1.54) is 6.07 Å². The second-order valence-electron chi connectivity index (χ2n) is 5.09. The summed E-state index contributed by atoms with van der Waals surface area (Å²) in [6, 6.07) is 5.12. The van der Waals surface area contributed by atoms with Crippen molar-refractivity contribution < 1.29 is 13.5 Å². The van der Waals surface area contributed by atoms with Crippen LogP contribution in [0, 0.1) is 0 Å². The Morgan fingerprint density at radius 1 is 1.40 bits per heavy atom. The SMILES string of the molecule is CN1CCC(NCc2cc(Cl)ccc2OC(F)F)CC1. The molecule has 0 unspecified atom stereocenters. The molecule has 3 nitrogen and oxygen atoms in total. The summed E-state index contributed by atoms with van der Waals surface area (Å²) in [6.07, 6.45) is 2.12. The molecular weight excluding hydrogens is 286 g/mol. The first-order valence-electron chi connectivity index (χ1n) is 6.70. The minimum absolute atomic E-state index is 0.185. The smallest absolute Gasteiger partial charge is 0.387 e. The summed E-state index contributed by atoms with van der Waals surface area (Å²) in [7, 11) is 2.10. The molecule has 0 aliphatic carbocycles. The van der Waals surface area contributed by atoms with E-state index in [1.54, 1.807) is 12.1 Å². The van der Waals surface area contributed by atoms with Crippen molar-refractivity contribution in [2.24, 2.45) is 0 Å². The van der Waals surface area contributed by atoms with Crippen LogP contribution in [0.15, 0.2) is 18.2 Å². The lowest BCUT2D eigenvalue weighted by atomic mass is 10.0. The van der Waals surface area contributed by atoms with Crippen molar-refractivity contribution in [3.05, 3.63) is 28.8 Å². The molecule has 1 aliphatic heterocycles. The quantitative estimate of drug-likeness (QED) is 0.904. The molecular formula is C14H19ClF2N2O. The van der Waals surface area contributed by atoms with Crippen LogP contribution in [0.4, 0.5) is 8.78 Å². The van der Waals surface area contributed by atoms with Crippen LogP contribution in [-0.4, -0.2) is 37.7 Å². The van der Waals surface area contributed by atoms with Gasteiger partial charge in [-0.1, -0.05) is 11.6 Å². The second kappa shape index (κ2) is 7.20. The summed E-state index contributed by atoms with van der Waals surface area (Å²) < 4.78 is 29.2. The van der Waals surface area contributed by atoms with Crippen molar-refractivity contribution in [3.8, 4) is 5.75 Å². The zero-order chi connectivity index (χ0) is 14.5. The van der Waals surface area contributed by atoms with Gasteiger partial charge >= 0.3 is 6.61 Å². The van der Waals surface area contributed by atoms with Gasteiger partial charge in [-0.15, -0.1) is 0 Å². The number of piperidine rings is 1. The molecule has 6 heteroatoms. The van der Waals surface area contributed by atoms with E-state index in [1.807, 2.05) is 0 Å². The number of nitrogens with one attached hydrogen (secondary N) is 1. The van der Waals surface area contributed by atoms with E-state index in [2.05, 4.69) is 22.0 Å². The highest BCUT2D eigenvalue weighted by molar-refractivity contribution is 6.30. The number of ether oxygens (including phenoxy) is 1. The first kappa shape index (κ1) is 15.5. The lowest BCUT2D eigenvalue weighted by Gasteiger charge is -2.29. The largest absolute Gasteiger partial charge is 0.434 e. The first-order valence-corrected chi connectivity index (χ1v) is 7.07. The van der Waals surface area contributed by atoms with E-state index in [0.717, 1.165) is 25.9 Å². The van der Waals surface area contributed by atoms with Gasteiger partial charge in [-0.25, -0.2) is 0 Å². The molecule has 1 aromatic carbocycles. The predicted octanol–water partition coefficient (Wildman–Crippen LogP) is 3.13. The molecule has 0 aromatic heterocycles. The van der Waals surface area contributed by atoms with Gasteiger partial charge in [-0.05, 0) is 51.2 Å². The summed E-state index contributed by atoms with van der Waals surface area (Å²) in [4.78, 5) is 2.28. The molecule has 20 heavy (non-hydrogen) atoms. The highest BCUT2D eigenvalue weighted by Gasteiger charge is 2.17. The Bertz CT molecular complexity index is 437. The number of hydrogen-bond acceptors (Lipinski definition) is 3. The summed E-state index contributed by atoms with van der Waals surface area (Å²) in [5.41, 5.74) is 0.664. The Balaban J connectivity index is 1.95. The van der Waals surface area contributed by atoms with E-state index >= 15 is 0 Å². The minimum Gasteiger partial charge on any atom is -0.434 e. The Morgan fingerprint density at radius 2 is 2.10 bits per heavy atom. The summed E-state index contributed by atoms with van der Waals surface area (Å²) in [5, 5.41) is 3.91. The Hall–Kier alpha value is -0.910. The topological polar surface area (TPSA) is 24.5 Å². The molecule has 1 aliphatic rings. The number of benzene rings is 1. The molecule has 0 bridgehead atoms. The van der Waals surface area contributed by atoms with E-state index in [-0.39, 0.29) is 5.75 Å². The molecule has 2 rings (SSSR count). The van der Waals surface area contributed by atoms with E-state index in [4.69, 9.17) is 11.6 Å². The normalized spacial score (nSPS) is 17.6. The summed E-state index contributed by atoms with van der Waals surface area (Å²) >= 11 is 5.92. The molecule has 0 amide bonds. The Morgan fingerprint density at radius 3 is 2.75 bits per heavy atom. The van der Waals surface area contributed by atoms with Gasteiger partial charge < -0.3 is 15.0 Å². The second-order valence-corrected chi connectivity index (χ2v) is 5.53. The molecule has 1 N–H and O–H groups in total. The molecule has 0 atom stereocenters. The van der Waals surface area contributed by atoms with E-state index < -0.39 is 6.61 Å². The van der Waals surface area contributed by atoms with Crippen molar-refractivity contribution in [3.63, 3.8) is 0 Å². The van der Waals surface area contributed by atoms with Crippen molar-refractivity contribution in [2.45, 2.75) is 32.0 Å². The number of nitrogens with zero attached hydrogens (tertiary/aromatic N) is 1. The molecule has 0 radical (unpaired) electrons.